The van der Waals surface area contributed by atoms with Crippen molar-refractivity contribution in [2.24, 2.45) is 7.05 Å². The minimum atomic E-state index is 0.996. The molecule has 1 aromatic carbocycles. The number of hydrogen-bond acceptors (Lipinski definition) is 0. The highest BCUT2D eigenvalue weighted by atomic mass is 14.9. The molecular formula is C17H19N. The van der Waals surface area contributed by atoms with Gasteiger partial charge in [0, 0.05) is 30.1 Å². The van der Waals surface area contributed by atoms with Gasteiger partial charge in [0.1, 0.15) is 0 Å². The summed E-state index contributed by atoms with van der Waals surface area (Å²) in [7, 11) is 2.09. The number of nitrogens with zero attached hydrogens (tertiary/aromatic N) is 1. The molecule has 0 unspecified atom stereocenters. The maximum absolute atomic E-state index is 3.16. The number of para-hydroxylation sites is 1. The maximum atomic E-state index is 3.16. The molecule has 0 fully saturated rings. The number of rotatable bonds is 3. The van der Waals surface area contributed by atoms with Gasteiger partial charge in [-0.2, -0.15) is 0 Å². The number of aromatic nitrogens is 1. The topological polar surface area (TPSA) is 4.93 Å². The van der Waals surface area contributed by atoms with Gasteiger partial charge in [0.05, 0.1) is 0 Å². The Morgan fingerprint density at radius 2 is 2.11 bits per heavy atom. The van der Waals surface area contributed by atoms with Crippen LogP contribution < -0.4 is 0 Å². The Labute approximate surface area is 109 Å². The Morgan fingerprint density at radius 1 is 1.28 bits per heavy atom. The molecule has 0 atom stereocenters. The fourth-order valence-electron chi connectivity index (χ4n) is 1.99. The molecule has 0 aliphatic carbocycles. The summed E-state index contributed by atoms with van der Waals surface area (Å²) in [6.07, 6.45) is 7.43. The van der Waals surface area contributed by atoms with Crippen LogP contribution in [0.25, 0.3) is 17.0 Å². The molecule has 0 radical (unpaired) electrons. The monoisotopic (exact) mass is 237 g/mol. The van der Waals surface area contributed by atoms with Gasteiger partial charge >= 0.3 is 0 Å². The quantitative estimate of drug-likeness (QED) is 0.551. The molecule has 1 nitrogen and oxygen atoms in total. The third-order valence-electron chi connectivity index (χ3n) is 3.08. The maximum Gasteiger partial charge on any atom is 0.0482 e. The van der Waals surface area contributed by atoms with Crippen molar-refractivity contribution in [1.29, 1.82) is 0 Å². The van der Waals surface area contributed by atoms with E-state index in [2.05, 4.69) is 66.8 Å². The first-order valence-corrected chi connectivity index (χ1v) is 6.52. The van der Waals surface area contributed by atoms with Crippen LogP contribution in [0.1, 0.15) is 31.9 Å². The molecule has 1 heteroatoms. The summed E-state index contributed by atoms with van der Waals surface area (Å²) < 4.78 is 2.19. The van der Waals surface area contributed by atoms with Crippen molar-refractivity contribution in [1.82, 2.24) is 4.57 Å². The van der Waals surface area contributed by atoms with E-state index in [0.717, 1.165) is 6.42 Å². The van der Waals surface area contributed by atoms with Crippen molar-refractivity contribution >= 4 is 17.0 Å². The van der Waals surface area contributed by atoms with Gasteiger partial charge in [0.2, 0.25) is 0 Å². The fourth-order valence-corrected chi connectivity index (χ4v) is 1.99. The first-order chi connectivity index (χ1) is 8.83. The lowest BCUT2D eigenvalue weighted by atomic mass is 10.2. The van der Waals surface area contributed by atoms with Crippen LogP contribution in [0.3, 0.4) is 0 Å². The van der Waals surface area contributed by atoms with Crippen LogP contribution in [0, 0.1) is 11.8 Å². The summed E-state index contributed by atoms with van der Waals surface area (Å²) in [5.74, 6) is 6.26. The highest BCUT2D eigenvalue weighted by Gasteiger charge is 2.00. The third kappa shape index (κ3) is 2.84. The molecule has 1 heterocycles. The van der Waals surface area contributed by atoms with Crippen LogP contribution in [-0.2, 0) is 7.05 Å². The van der Waals surface area contributed by atoms with Crippen LogP contribution in [0.5, 0.6) is 0 Å². The molecule has 0 aliphatic rings. The summed E-state index contributed by atoms with van der Waals surface area (Å²) in [4.78, 5) is 0. The van der Waals surface area contributed by atoms with Gasteiger partial charge in [-0.05, 0) is 30.7 Å². The second-order valence-corrected chi connectivity index (χ2v) is 4.45. The minimum Gasteiger partial charge on any atom is -0.344 e. The fraction of sp³-hybridized carbons (Fsp3) is 0.294. The summed E-state index contributed by atoms with van der Waals surface area (Å²) in [5, 5.41) is 1.28. The zero-order valence-corrected chi connectivity index (χ0v) is 11.1. The number of allylic oxidation sites excluding steroid dienone is 1. The lowest BCUT2D eigenvalue weighted by Gasteiger charge is -1.97. The normalized spacial score (nSPS) is 10.8. The first kappa shape index (κ1) is 12.5. The van der Waals surface area contributed by atoms with E-state index in [1.165, 1.54) is 29.4 Å². The standard InChI is InChI=1S/C17H19N/c1-3-4-5-6-7-8-12-16-14-15-11-9-10-13-17(15)18(16)2/h8-14H,3-5H2,1-2H3/b12-8-. The van der Waals surface area contributed by atoms with Gasteiger partial charge in [-0.1, -0.05) is 43.4 Å². The lowest BCUT2D eigenvalue weighted by molar-refractivity contribution is 0.828. The van der Waals surface area contributed by atoms with Gasteiger partial charge in [-0.3, -0.25) is 0 Å². The highest BCUT2D eigenvalue weighted by Crippen LogP contribution is 2.18. The molecule has 1 aromatic heterocycles. The van der Waals surface area contributed by atoms with Crippen molar-refractivity contribution in [3.8, 4) is 11.8 Å². The molecule has 0 N–H and O–H groups in total. The van der Waals surface area contributed by atoms with Crippen molar-refractivity contribution in [3.05, 3.63) is 42.1 Å². The van der Waals surface area contributed by atoms with E-state index in [-0.39, 0.29) is 0 Å². The van der Waals surface area contributed by atoms with Gasteiger partial charge in [-0.25, -0.2) is 0 Å². The summed E-state index contributed by atoms with van der Waals surface area (Å²) >= 11 is 0. The van der Waals surface area contributed by atoms with Gasteiger partial charge in [0.25, 0.3) is 0 Å². The van der Waals surface area contributed by atoms with Crippen molar-refractivity contribution in [2.75, 3.05) is 0 Å². The highest BCUT2D eigenvalue weighted by molar-refractivity contribution is 5.83. The summed E-state index contributed by atoms with van der Waals surface area (Å²) in [6.45, 7) is 2.19. The molecule has 0 bridgehead atoms. The Hall–Kier alpha value is -1.94. The molecule has 92 valence electrons. The number of unbranched alkanes of at least 4 members (excludes halogenated alkanes) is 2. The Kier molecular flexibility index (Phi) is 4.25. The van der Waals surface area contributed by atoms with Crippen LogP contribution in [0.15, 0.2) is 36.4 Å². The van der Waals surface area contributed by atoms with E-state index in [1.54, 1.807) is 0 Å². The average Bonchev–Trinajstić information content (AvgIpc) is 2.71. The molecule has 2 aromatic rings. The van der Waals surface area contributed by atoms with E-state index in [0.29, 0.717) is 0 Å². The number of hydrogen-bond donors (Lipinski definition) is 0. The molecule has 0 amide bonds. The number of fused-ring (bicyclic) bond motifs is 1. The SMILES string of the molecule is CCCCC#C/C=C\c1cc2ccccc2n1C. The average molecular weight is 237 g/mol. The molecule has 0 saturated carbocycles. The zero-order valence-electron chi connectivity index (χ0n) is 11.1. The molecule has 0 saturated heterocycles. The third-order valence-corrected chi connectivity index (χ3v) is 3.08. The second-order valence-electron chi connectivity index (χ2n) is 4.45. The summed E-state index contributed by atoms with van der Waals surface area (Å²) in [6, 6.07) is 10.6. The van der Waals surface area contributed by atoms with Gasteiger partial charge < -0.3 is 4.57 Å². The van der Waals surface area contributed by atoms with E-state index in [1.807, 2.05) is 6.08 Å². The molecule has 2 rings (SSSR count). The summed E-state index contributed by atoms with van der Waals surface area (Å²) in [5.41, 5.74) is 2.46. The van der Waals surface area contributed by atoms with Crippen molar-refractivity contribution in [3.63, 3.8) is 0 Å². The Morgan fingerprint density at radius 3 is 2.89 bits per heavy atom. The predicted molar refractivity (Wildman–Crippen MR) is 79.3 cm³/mol. The molecule has 18 heavy (non-hydrogen) atoms. The second kappa shape index (κ2) is 6.12. The Balaban J connectivity index is 2.13. The van der Waals surface area contributed by atoms with E-state index in [4.69, 9.17) is 0 Å². The smallest absolute Gasteiger partial charge is 0.0482 e. The van der Waals surface area contributed by atoms with Crippen LogP contribution in [0.4, 0.5) is 0 Å². The first-order valence-electron chi connectivity index (χ1n) is 6.52. The molecular weight excluding hydrogens is 218 g/mol. The Bertz CT molecular complexity index is 605. The van der Waals surface area contributed by atoms with E-state index >= 15 is 0 Å². The number of aryl methyl sites for hydroxylation is 1. The lowest BCUT2D eigenvalue weighted by Crippen LogP contribution is -1.88. The number of benzene rings is 1. The van der Waals surface area contributed by atoms with Crippen molar-refractivity contribution in [2.45, 2.75) is 26.2 Å². The molecule has 0 spiro atoms. The van der Waals surface area contributed by atoms with Crippen LogP contribution >= 0.6 is 0 Å². The van der Waals surface area contributed by atoms with Gasteiger partial charge in [-0.15, -0.1) is 0 Å². The largest absolute Gasteiger partial charge is 0.344 e. The van der Waals surface area contributed by atoms with Crippen LogP contribution in [-0.4, -0.2) is 4.57 Å². The zero-order chi connectivity index (χ0) is 12.8. The van der Waals surface area contributed by atoms with Crippen molar-refractivity contribution < 1.29 is 0 Å². The predicted octanol–water partition coefficient (Wildman–Crippen LogP) is 4.39. The van der Waals surface area contributed by atoms with Gasteiger partial charge in [0.15, 0.2) is 0 Å². The molecule has 0 aliphatic heterocycles. The van der Waals surface area contributed by atoms with Crippen LogP contribution in [0.2, 0.25) is 0 Å². The van der Waals surface area contributed by atoms with E-state index in [9.17, 15) is 0 Å². The van der Waals surface area contributed by atoms with E-state index < -0.39 is 0 Å². The minimum absolute atomic E-state index is 0.996.